The maximum atomic E-state index is 5.53. The van der Waals surface area contributed by atoms with Crippen molar-refractivity contribution in [3.8, 4) is 17.1 Å². The first-order valence-electron chi connectivity index (χ1n) is 8.45. The van der Waals surface area contributed by atoms with Gasteiger partial charge in [-0.05, 0) is 42.0 Å². The van der Waals surface area contributed by atoms with Gasteiger partial charge < -0.3 is 9.15 Å². The first-order chi connectivity index (χ1) is 13.3. The van der Waals surface area contributed by atoms with Crippen LogP contribution in [0.4, 0.5) is 0 Å². The number of thioether (sulfide) groups is 1. The van der Waals surface area contributed by atoms with Crippen LogP contribution >= 0.6 is 11.8 Å². The van der Waals surface area contributed by atoms with Crippen molar-refractivity contribution in [1.82, 2.24) is 19.7 Å². The van der Waals surface area contributed by atoms with Crippen molar-refractivity contribution in [3.63, 3.8) is 0 Å². The lowest BCUT2D eigenvalue weighted by molar-refractivity contribution is 0.414. The van der Waals surface area contributed by atoms with Crippen molar-refractivity contribution in [2.75, 3.05) is 7.11 Å². The highest BCUT2D eigenvalue weighted by Gasteiger charge is 2.16. The predicted octanol–water partition coefficient (Wildman–Crippen LogP) is 4.28. The number of benzene rings is 1. The number of hydrogen-bond acceptors (Lipinski definition) is 6. The Labute approximate surface area is 161 Å². The van der Waals surface area contributed by atoms with Crippen molar-refractivity contribution in [2.45, 2.75) is 17.5 Å². The van der Waals surface area contributed by atoms with Gasteiger partial charge in [-0.25, -0.2) is 0 Å². The normalized spacial score (nSPS) is 10.9. The summed E-state index contributed by atoms with van der Waals surface area (Å²) in [5.74, 6) is 3.26. The molecule has 7 heteroatoms. The number of furan rings is 1. The molecular weight excluding hydrogens is 360 g/mol. The fourth-order valence-electron chi connectivity index (χ4n) is 2.67. The molecule has 0 radical (unpaired) electrons. The van der Waals surface area contributed by atoms with Crippen LogP contribution in [0.5, 0.6) is 5.75 Å². The van der Waals surface area contributed by atoms with Gasteiger partial charge in [-0.3, -0.25) is 9.55 Å². The summed E-state index contributed by atoms with van der Waals surface area (Å²) >= 11 is 1.64. The minimum absolute atomic E-state index is 0.565. The SMILES string of the molecule is COc1ccc(CSc2nnc(-c3cccnc3)n2Cc2ccco2)cc1. The number of methoxy groups -OCH3 is 1. The number of pyridine rings is 1. The number of nitrogens with zero attached hydrogens (tertiary/aromatic N) is 4. The van der Waals surface area contributed by atoms with Crippen molar-refractivity contribution in [1.29, 1.82) is 0 Å². The van der Waals surface area contributed by atoms with E-state index in [-0.39, 0.29) is 0 Å². The molecule has 0 saturated heterocycles. The molecule has 4 aromatic rings. The second kappa shape index (κ2) is 8.09. The molecule has 0 fully saturated rings. The maximum Gasteiger partial charge on any atom is 0.192 e. The van der Waals surface area contributed by atoms with Crippen LogP contribution in [0.1, 0.15) is 11.3 Å². The highest BCUT2D eigenvalue weighted by atomic mass is 32.2. The van der Waals surface area contributed by atoms with Crippen LogP contribution in [-0.4, -0.2) is 26.9 Å². The van der Waals surface area contributed by atoms with Gasteiger partial charge in [0.1, 0.15) is 11.5 Å². The first-order valence-corrected chi connectivity index (χ1v) is 9.44. The van der Waals surface area contributed by atoms with E-state index in [0.717, 1.165) is 33.8 Å². The Kier molecular flexibility index (Phi) is 5.20. The molecule has 0 amide bonds. The molecule has 136 valence electrons. The lowest BCUT2D eigenvalue weighted by atomic mass is 10.2. The molecule has 1 aromatic carbocycles. The van der Waals surface area contributed by atoms with Crippen molar-refractivity contribution >= 4 is 11.8 Å². The molecule has 0 aliphatic heterocycles. The van der Waals surface area contributed by atoms with Gasteiger partial charge in [-0.1, -0.05) is 23.9 Å². The molecule has 0 spiro atoms. The minimum Gasteiger partial charge on any atom is -0.497 e. The van der Waals surface area contributed by atoms with Gasteiger partial charge in [0, 0.05) is 23.7 Å². The van der Waals surface area contributed by atoms with E-state index < -0.39 is 0 Å². The lowest BCUT2D eigenvalue weighted by Gasteiger charge is -2.09. The molecule has 0 unspecified atom stereocenters. The second-order valence-corrected chi connectivity index (χ2v) is 6.79. The minimum atomic E-state index is 0.565. The van der Waals surface area contributed by atoms with Gasteiger partial charge in [0.2, 0.25) is 0 Å². The fraction of sp³-hybridized carbons (Fsp3) is 0.150. The monoisotopic (exact) mass is 378 g/mol. The lowest BCUT2D eigenvalue weighted by Crippen LogP contribution is -2.03. The zero-order valence-electron chi connectivity index (χ0n) is 14.8. The molecule has 0 bridgehead atoms. The van der Waals surface area contributed by atoms with Crippen LogP contribution in [0.2, 0.25) is 0 Å². The Morgan fingerprint density at radius 1 is 1.07 bits per heavy atom. The quantitative estimate of drug-likeness (QED) is 0.447. The third kappa shape index (κ3) is 4.03. The molecule has 3 aromatic heterocycles. The Hall–Kier alpha value is -3.06. The van der Waals surface area contributed by atoms with Crippen LogP contribution in [0.25, 0.3) is 11.4 Å². The Bertz CT molecular complexity index is 983. The number of rotatable bonds is 7. The summed E-state index contributed by atoms with van der Waals surface area (Å²) in [5, 5.41) is 9.64. The zero-order chi connectivity index (χ0) is 18.5. The number of aromatic nitrogens is 4. The molecule has 27 heavy (non-hydrogen) atoms. The molecule has 0 aliphatic carbocycles. The van der Waals surface area contributed by atoms with Crippen molar-refractivity contribution in [2.24, 2.45) is 0 Å². The second-order valence-electron chi connectivity index (χ2n) is 5.85. The predicted molar refractivity (Wildman–Crippen MR) is 104 cm³/mol. The Morgan fingerprint density at radius 2 is 1.96 bits per heavy atom. The van der Waals surface area contributed by atoms with E-state index in [2.05, 4.69) is 31.9 Å². The van der Waals surface area contributed by atoms with Crippen molar-refractivity contribution < 1.29 is 9.15 Å². The van der Waals surface area contributed by atoms with Crippen LogP contribution < -0.4 is 4.74 Å². The number of ether oxygens (including phenoxy) is 1. The molecule has 0 N–H and O–H groups in total. The van der Waals surface area contributed by atoms with E-state index in [1.54, 1.807) is 37.5 Å². The summed E-state index contributed by atoms with van der Waals surface area (Å²) in [6.07, 6.45) is 5.21. The number of hydrogen-bond donors (Lipinski definition) is 0. The van der Waals surface area contributed by atoms with E-state index in [1.807, 2.05) is 36.4 Å². The van der Waals surface area contributed by atoms with Gasteiger partial charge in [0.15, 0.2) is 11.0 Å². The van der Waals surface area contributed by atoms with E-state index >= 15 is 0 Å². The van der Waals surface area contributed by atoms with E-state index in [4.69, 9.17) is 9.15 Å². The standard InChI is InChI=1S/C20H18N4O2S/c1-25-17-8-6-15(7-9-17)14-27-20-23-22-19(16-4-2-10-21-12-16)24(20)13-18-5-3-11-26-18/h2-12H,13-14H2,1H3. The maximum absolute atomic E-state index is 5.53. The molecule has 4 rings (SSSR count). The van der Waals surface area contributed by atoms with Gasteiger partial charge >= 0.3 is 0 Å². The summed E-state index contributed by atoms with van der Waals surface area (Å²) in [6.45, 7) is 0.565. The Balaban J connectivity index is 1.60. The van der Waals surface area contributed by atoms with Crippen LogP contribution in [-0.2, 0) is 12.3 Å². The average Bonchev–Trinajstić information content (AvgIpc) is 3.38. The average molecular weight is 378 g/mol. The van der Waals surface area contributed by atoms with Gasteiger partial charge in [-0.15, -0.1) is 10.2 Å². The Morgan fingerprint density at radius 3 is 2.67 bits per heavy atom. The summed E-state index contributed by atoms with van der Waals surface area (Å²) < 4.78 is 12.8. The van der Waals surface area contributed by atoms with E-state index in [1.165, 1.54) is 5.56 Å². The third-order valence-corrected chi connectivity index (χ3v) is 5.10. The summed E-state index contributed by atoms with van der Waals surface area (Å²) in [4.78, 5) is 4.20. The molecular formula is C20H18N4O2S. The molecule has 0 aliphatic rings. The highest BCUT2D eigenvalue weighted by Crippen LogP contribution is 2.27. The topological polar surface area (TPSA) is 66.0 Å². The highest BCUT2D eigenvalue weighted by molar-refractivity contribution is 7.98. The third-order valence-electron chi connectivity index (χ3n) is 4.06. The fourth-order valence-corrected chi connectivity index (χ4v) is 3.57. The van der Waals surface area contributed by atoms with Crippen LogP contribution in [0.3, 0.4) is 0 Å². The smallest absolute Gasteiger partial charge is 0.192 e. The summed E-state index contributed by atoms with van der Waals surface area (Å²) in [5.41, 5.74) is 2.11. The van der Waals surface area contributed by atoms with Gasteiger partial charge in [0.25, 0.3) is 0 Å². The summed E-state index contributed by atoms with van der Waals surface area (Å²) in [6, 6.07) is 15.7. The van der Waals surface area contributed by atoms with Gasteiger partial charge in [0.05, 0.1) is 19.9 Å². The summed E-state index contributed by atoms with van der Waals surface area (Å²) in [7, 11) is 1.67. The molecule has 3 heterocycles. The van der Waals surface area contributed by atoms with Gasteiger partial charge in [-0.2, -0.15) is 0 Å². The molecule has 0 atom stereocenters. The van der Waals surface area contributed by atoms with Crippen LogP contribution in [0.15, 0.2) is 76.8 Å². The van der Waals surface area contributed by atoms with E-state index in [9.17, 15) is 0 Å². The zero-order valence-corrected chi connectivity index (χ0v) is 15.6. The van der Waals surface area contributed by atoms with Crippen LogP contribution in [0, 0.1) is 0 Å². The molecule has 6 nitrogen and oxygen atoms in total. The largest absolute Gasteiger partial charge is 0.497 e. The van der Waals surface area contributed by atoms with Crippen molar-refractivity contribution in [3.05, 3.63) is 78.5 Å². The van der Waals surface area contributed by atoms with E-state index in [0.29, 0.717) is 6.54 Å². The first kappa shape index (κ1) is 17.4. The molecule has 0 saturated carbocycles.